The highest BCUT2D eigenvalue weighted by molar-refractivity contribution is 5.72. The van der Waals surface area contributed by atoms with Crippen molar-refractivity contribution in [2.45, 2.75) is 12.9 Å². The molecule has 42 valence electrons. The van der Waals surface area contributed by atoms with Crippen LogP contribution in [0.1, 0.15) is 8.29 Å². The van der Waals surface area contributed by atoms with Crippen molar-refractivity contribution < 1.29 is 15.8 Å². The lowest BCUT2D eigenvalue weighted by molar-refractivity contribution is -0.140. The Bertz CT molecular complexity index is 105. The molecule has 0 aromatic heterocycles. The van der Waals surface area contributed by atoms with Crippen LogP contribution in [-0.4, -0.2) is 17.1 Å². The Morgan fingerprint density at radius 1 is 2.29 bits per heavy atom. The lowest BCUT2D eigenvalue weighted by atomic mass is 10.4. The van der Waals surface area contributed by atoms with Crippen LogP contribution in [0.25, 0.3) is 0 Å². The van der Waals surface area contributed by atoms with E-state index in [0.29, 0.717) is 0 Å². The summed E-state index contributed by atoms with van der Waals surface area (Å²) in [7, 11) is 0. The van der Waals surface area contributed by atoms with E-state index in [9.17, 15) is 9.28 Å². The molecule has 0 aromatic rings. The summed E-state index contributed by atoms with van der Waals surface area (Å²) in [5.41, 5.74) is 0.808. The number of carbonyl (C=O) groups is 1. The third-order valence-electron chi connectivity index (χ3n) is 0.463. The minimum Gasteiger partial charge on any atom is -0.480 e. The third-order valence-corrected chi connectivity index (χ3v) is 0.463. The topological polar surface area (TPSA) is 49.3 Å². The Labute approximate surface area is 41.5 Å². The quantitative estimate of drug-likeness (QED) is 0.487. The largest absolute Gasteiger partial charge is 0.480 e. The van der Waals surface area contributed by atoms with Gasteiger partial charge < -0.3 is 5.11 Å². The van der Waals surface area contributed by atoms with E-state index in [2.05, 4.69) is 0 Å². The van der Waals surface area contributed by atoms with Crippen molar-refractivity contribution in [3.8, 4) is 0 Å². The summed E-state index contributed by atoms with van der Waals surface area (Å²) >= 11 is 0. The van der Waals surface area contributed by atoms with Crippen molar-refractivity contribution in [3.63, 3.8) is 0 Å². The molecule has 4 heteroatoms. The first-order valence-electron chi connectivity index (χ1n) is 2.12. The Kier molecular flexibility index (Phi) is 1.63. The first-order valence-corrected chi connectivity index (χ1v) is 1.62. The maximum absolute atomic E-state index is 11.2. The van der Waals surface area contributed by atoms with Crippen LogP contribution in [0.2, 0.25) is 0 Å². The summed E-state index contributed by atoms with van der Waals surface area (Å²) in [6, 6.07) is -2.21. The second-order valence-electron chi connectivity index (χ2n) is 1.02. The molecule has 2 N–H and O–H groups in total. The smallest absolute Gasteiger partial charge is 0.323 e. The predicted molar refractivity (Wildman–Crippen MR) is 21.3 cm³/mol. The fraction of sp³-hybridized carbons (Fsp3) is 0.667. The van der Waals surface area contributed by atoms with Crippen LogP contribution in [0, 0.1) is 0 Å². The molecule has 0 aromatic carbocycles. The van der Waals surface area contributed by atoms with E-state index >= 15 is 0 Å². The zero-order valence-electron chi connectivity index (χ0n) is 4.73. The average molecular weight is 108 g/mol. The van der Waals surface area contributed by atoms with E-state index in [1.54, 1.807) is 0 Å². The van der Waals surface area contributed by atoms with Crippen molar-refractivity contribution in [1.29, 1.82) is 0 Å². The molecular weight excluding hydrogens is 101 g/mol. The number of aliphatic carboxylic acids is 1. The van der Waals surface area contributed by atoms with Crippen molar-refractivity contribution in [2.24, 2.45) is 0 Å². The summed E-state index contributed by atoms with van der Waals surface area (Å²) in [6.45, 7) is 0.898. The van der Waals surface area contributed by atoms with Gasteiger partial charge in [0.15, 0.2) is 0 Å². The number of rotatable bonds is 2. The summed E-state index contributed by atoms with van der Waals surface area (Å²) < 4.78 is 17.7. The van der Waals surface area contributed by atoms with Gasteiger partial charge in [0.2, 0.25) is 0 Å². The van der Waals surface area contributed by atoms with Gasteiger partial charge in [0.25, 0.3) is 0 Å². The molecule has 0 unspecified atom stereocenters. The van der Waals surface area contributed by atoms with Crippen LogP contribution in [0.15, 0.2) is 0 Å². The van der Waals surface area contributed by atoms with Gasteiger partial charge >= 0.3 is 5.97 Å². The number of nitrogens with one attached hydrogen (secondary N) is 1. The molecule has 0 heterocycles. The van der Waals surface area contributed by atoms with E-state index in [4.69, 9.17) is 6.48 Å². The molecule has 1 atom stereocenters. The predicted octanol–water partition coefficient (Wildman–Crippen LogP) is -0.0664. The Morgan fingerprint density at radius 3 is 2.71 bits per heavy atom. The van der Waals surface area contributed by atoms with E-state index in [-0.39, 0.29) is 0 Å². The lowest BCUT2D eigenvalue weighted by Gasteiger charge is -1.95. The molecule has 0 aliphatic carbocycles. The summed E-state index contributed by atoms with van der Waals surface area (Å²) in [6.07, 6.45) is 0. The van der Waals surface area contributed by atoms with Gasteiger partial charge in [-0.3, -0.25) is 4.79 Å². The first kappa shape index (κ1) is 4.52. The van der Waals surface area contributed by atoms with E-state index in [0.717, 1.165) is 12.5 Å². The van der Waals surface area contributed by atoms with Crippen molar-refractivity contribution >= 4 is 5.97 Å². The average Bonchev–Trinajstić information content (AvgIpc) is 1.67. The maximum Gasteiger partial charge on any atom is 0.323 e. The zero-order chi connectivity index (χ0) is 6.78. The minimum atomic E-state index is -2.21. The molecule has 0 aliphatic heterocycles. The standard InChI is InChI=1S/C3H6FNO2/c1-2(5-4)3(6)7/h2,5H,1H3,(H,6,7)/t2-/m0/s1/i2D. The molecule has 0 fully saturated rings. The summed E-state index contributed by atoms with van der Waals surface area (Å²) in [5, 5.41) is 7.95. The molecule has 0 aliphatic rings. The van der Waals surface area contributed by atoms with Crippen molar-refractivity contribution in [3.05, 3.63) is 0 Å². The van der Waals surface area contributed by atoms with Gasteiger partial charge in [0, 0.05) is 0 Å². The third kappa shape index (κ3) is 2.11. The second kappa shape index (κ2) is 2.52. The minimum absolute atomic E-state index is 0.808. The molecule has 0 saturated heterocycles. The summed E-state index contributed by atoms with van der Waals surface area (Å²) in [5.74, 6) is -1.54. The molecule has 0 saturated carbocycles. The first-order chi connectivity index (χ1) is 3.50. The maximum atomic E-state index is 11.2. The monoisotopic (exact) mass is 108 g/mol. The van der Waals surface area contributed by atoms with Gasteiger partial charge in [0.05, 0.1) is 1.37 Å². The fourth-order valence-electron chi connectivity index (χ4n) is 0.0404. The highest BCUT2D eigenvalue weighted by atomic mass is 19.2. The van der Waals surface area contributed by atoms with Crippen LogP contribution in [-0.2, 0) is 4.79 Å². The van der Waals surface area contributed by atoms with Crippen LogP contribution in [0.3, 0.4) is 0 Å². The molecule has 0 radical (unpaired) electrons. The highest BCUT2D eigenvalue weighted by Crippen LogP contribution is 1.77. The Morgan fingerprint density at radius 2 is 2.71 bits per heavy atom. The van der Waals surface area contributed by atoms with Crippen LogP contribution in [0.4, 0.5) is 4.48 Å². The zero-order valence-corrected chi connectivity index (χ0v) is 3.73. The molecule has 0 bridgehead atoms. The van der Waals surface area contributed by atoms with Crippen LogP contribution in [0.5, 0.6) is 0 Å². The highest BCUT2D eigenvalue weighted by Gasteiger charge is 2.07. The lowest BCUT2D eigenvalue weighted by Crippen LogP contribution is -2.27. The van der Waals surface area contributed by atoms with Gasteiger partial charge in [0.1, 0.15) is 6.02 Å². The van der Waals surface area contributed by atoms with Gasteiger partial charge in [-0.1, -0.05) is 0 Å². The SMILES string of the molecule is [2H][C@@](C)(NF)C(=O)O. The van der Waals surface area contributed by atoms with E-state index in [1.807, 2.05) is 0 Å². The van der Waals surface area contributed by atoms with E-state index in [1.165, 1.54) is 0 Å². The fourth-order valence-corrected chi connectivity index (χ4v) is 0.0404. The molecule has 7 heavy (non-hydrogen) atoms. The number of carboxylic acids is 1. The van der Waals surface area contributed by atoms with Crippen LogP contribution < -0.4 is 5.54 Å². The van der Waals surface area contributed by atoms with Gasteiger partial charge in [-0.05, 0) is 6.92 Å². The molecule has 0 rings (SSSR count). The number of carboxylic acid groups (broad SMARTS) is 1. The van der Waals surface area contributed by atoms with Crippen molar-refractivity contribution in [1.82, 2.24) is 5.54 Å². The Hall–Kier alpha value is -0.640. The normalized spacial score (nSPS) is 20.0. The van der Waals surface area contributed by atoms with Gasteiger partial charge in [-0.2, -0.15) is 0 Å². The van der Waals surface area contributed by atoms with Crippen LogP contribution >= 0.6 is 0 Å². The second-order valence-corrected chi connectivity index (χ2v) is 1.02. The van der Waals surface area contributed by atoms with Gasteiger partial charge in [-0.15, -0.1) is 10.0 Å². The molecule has 0 amide bonds. The molecule has 3 nitrogen and oxygen atoms in total. The summed E-state index contributed by atoms with van der Waals surface area (Å²) in [4.78, 5) is 9.76. The van der Waals surface area contributed by atoms with Gasteiger partial charge in [-0.25, -0.2) is 0 Å². The van der Waals surface area contributed by atoms with E-state index < -0.39 is 12.0 Å². The Balaban J connectivity index is 3.91. The number of halogens is 1. The molecular formula is C3H6FNO2. The number of hydrogen-bond donors (Lipinski definition) is 2. The molecule has 0 spiro atoms. The van der Waals surface area contributed by atoms with Crippen molar-refractivity contribution in [2.75, 3.05) is 0 Å². The number of hydrogen-bond acceptors (Lipinski definition) is 2.